The lowest BCUT2D eigenvalue weighted by atomic mass is 10.2. The summed E-state index contributed by atoms with van der Waals surface area (Å²) in [5, 5.41) is 9.70. The van der Waals surface area contributed by atoms with Crippen LogP contribution in [0.1, 0.15) is 36.8 Å². The van der Waals surface area contributed by atoms with Gasteiger partial charge in [-0.25, -0.2) is 5.48 Å². The number of carbonyl (C=O) groups excluding carboxylic acids is 1. The Bertz CT molecular complexity index is 659. The molecule has 1 aromatic carbocycles. The molecule has 1 amide bonds. The second kappa shape index (κ2) is 4.75. The second-order valence-corrected chi connectivity index (χ2v) is 5.24. The number of fused-ring (bicyclic) bond motifs is 1. The number of hydrogen-bond donors (Lipinski definition) is 2. The molecule has 2 N–H and O–H groups in total. The number of aromatic amines is 1. The maximum absolute atomic E-state index is 11.9. The molecule has 0 radical (unpaired) electrons. The van der Waals surface area contributed by atoms with Gasteiger partial charge in [-0.2, -0.15) is 5.26 Å². The van der Waals surface area contributed by atoms with Crippen molar-refractivity contribution in [3.05, 3.63) is 35.5 Å². The SMILES string of the molecule is CC(C)(C)ONC(=O)c1cc2ccc(C#N)cc2[nH]1. The molecular weight excluding hydrogens is 242 g/mol. The molecule has 1 aromatic heterocycles. The molecule has 0 saturated carbocycles. The number of carbonyl (C=O) groups is 1. The van der Waals surface area contributed by atoms with Gasteiger partial charge in [0, 0.05) is 10.9 Å². The number of H-pyrrole nitrogens is 1. The van der Waals surface area contributed by atoms with Crippen molar-refractivity contribution in [3.63, 3.8) is 0 Å². The van der Waals surface area contributed by atoms with Crippen molar-refractivity contribution in [1.29, 1.82) is 5.26 Å². The van der Waals surface area contributed by atoms with E-state index in [0.29, 0.717) is 11.3 Å². The fourth-order valence-corrected chi connectivity index (χ4v) is 1.57. The van der Waals surface area contributed by atoms with Crippen LogP contribution in [-0.2, 0) is 4.84 Å². The van der Waals surface area contributed by atoms with E-state index in [1.807, 2.05) is 20.8 Å². The summed E-state index contributed by atoms with van der Waals surface area (Å²) in [6.45, 7) is 5.53. The van der Waals surface area contributed by atoms with Crippen LogP contribution < -0.4 is 5.48 Å². The smallest absolute Gasteiger partial charge is 0.291 e. The average molecular weight is 257 g/mol. The Labute approximate surface area is 111 Å². The van der Waals surface area contributed by atoms with Crippen LogP contribution in [0.3, 0.4) is 0 Å². The number of benzene rings is 1. The van der Waals surface area contributed by atoms with Crippen molar-refractivity contribution < 1.29 is 9.63 Å². The molecule has 2 aromatic rings. The van der Waals surface area contributed by atoms with Crippen LogP contribution in [-0.4, -0.2) is 16.5 Å². The van der Waals surface area contributed by atoms with Gasteiger partial charge in [-0.15, -0.1) is 0 Å². The van der Waals surface area contributed by atoms with E-state index in [0.717, 1.165) is 10.9 Å². The average Bonchev–Trinajstić information content (AvgIpc) is 2.77. The van der Waals surface area contributed by atoms with Gasteiger partial charge >= 0.3 is 0 Å². The summed E-state index contributed by atoms with van der Waals surface area (Å²) in [6.07, 6.45) is 0. The van der Waals surface area contributed by atoms with Crippen LogP contribution in [0.5, 0.6) is 0 Å². The van der Waals surface area contributed by atoms with E-state index < -0.39 is 5.60 Å². The number of nitrogens with one attached hydrogen (secondary N) is 2. The topological polar surface area (TPSA) is 77.9 Å². The fourth-order valence-electron chi connectivity index (χ4n) is 1.57. The van der Waals surface area contributed by atoms with Gasteiger partial charge in [-0.3, -0.25) is 9.63 Å². The van der Waals surface area contributed by atoms with Crippen LogP contribution in [0.2, 0.25) is 0 Å². The first-order valence-electron chi connectivity index (χ1n) is 5.90. The van der Waals surface area contributed by atoms with Gasteiger partial charge in [0.1, 0.15) is 5.69 Å². The van der Waals surface area contributed by atoms with Crippen molar-refractivity contribution in [1.82, 2.24) is 10.5 Å². The maximum Gasteiger partial charge on any atom is 0.291 e. The minimum atomic E-state index is -0.449. The predicted octanol–water partition coefficient (Wildman–Crippen LogP) is 2.50. The van der Waals surface area contributed by atoms with Gasteiger partial charge in [0.2, 0.25) is 0 Å². The quantitative estimate of drug-likeness (QED) is 0.811. The lowest BCUT2D eigenvalue weighted by Gasteiger charge is -2.18. The summed E-state index contributed by atoms with van der Waals surface area (Å²) in [4.78, 5) is 20.1. The highest BCUT2D eigenvalue weighted by Gasteiger charge is 2.15. The molecule has 0 atom stereocenters. The number of nitriles is 1. The molecule has 0 aliphatic carbocycles. The third-order valence-corrected chi connectivity index (χ3v) is 2.45. The van der Waals surface area contributed by atoms with Gasteiger partial charge in [0.05, 0.1) is 17.2 Å². The molecule has 98 valence electrons. The molecule has 0 unspecified atom stereocenters. The van der Waals surface area contributed by atoms with E-state index in [1.165, 1.54) is 0 Å². The van der Waals surface area contributed by atoms with Crippen molar-refractivity contribution in [2.75, 3.05) is 0 Å². The zero-order valence-corrected chi connectivity index (χ0v) is 11.1. The summed E-state index contributed by atoms with van der Waals surface area (Å²) < 4.78 is 0. The molecule has 0 aliphatic rings. The zero-order valence-electron chi connectivity index (χ0n) is 11.1. The molecule has 0 aliphatic heterocycles. The Morgan fingerprint density at radius 3 is 2.74 bits per heavy atom. The number of nitrogens with zero attached hydrogens (tertiary/aromatic N) is 1. The zero-order chi connectivity index (χ0) is 14.0. The Morgan fingerprint density at radius 2 is 2.11 bits per heavy atom. The Kier molecular flexibility index (Phi) is 3.28. The van der Waals surface area contributed by atoms with Crippen LogP contribution >= 0.6 is 0 Å². The monoisotopic (exact) mass is 257 g/mol. The molecular formula is C14H15N3O2. The van der Waals surface area contributed by atoms with Crippen molar-refractivity contribution in [2.45, 2.75) is 26.4 Å². The van der Waals surface area contributed by atoms with E-state index in [9.17, 15) is 4.79 Å². The summed E-state index contributed by atoms with van der Waals surface area (Å²) in [5.41, 5.74) is 3.64. The van der Waals surface area contributed by atoms with Gasteiger partial charge < -0.3 is 4.98 Å². The van der Waals surface area contributed by atoms with Gasteiger partial charge in [-0.1, -0.05) is 6.07 Å². The summed E-state index contributed by atoms with van der Waals surface area (Å²) in [5.74, 6) is -0.343. The summed E-state index contributed by atoms with van der Waals surface area (Å²) in [7, 11) is 0. The minimum Gasteiger partial charge on any atom is -0.350 e. The Balaban J connectivity index is 2.22. The van der Waals surface area contributed by atoms with Crippen LogP contribution in [0.25, 0.3) is 10.9 Å². The summed E-state index contributed by atoms with van der Waals surface area (Å²) >= 11 is 0. The Hall–Kier alpha value is -2.32. The minimum absolute atomic E-state index is 0.343. The number of hydrogen-bond acceptors (Lipinski definition) is 3. The maximum atomic E-state index is 11.9. The molecule has 0 saturated heterocycles. The summed E-state index contributed by atoms with van der Waals surface area (Å²) in [6, 6.07) is 8.99. The number of rotatable bonds is 2. The molecule has 5 nitrogen and oxygen atoms in total. The highest BCUT2D eigenvalue weighted by atomic mass is 16.7. The van der Waals surface area contributed by atoms with E-state index in [2.05, 4.69) is 16.5 Å². The van der Waals surface area contributed by atoms with E-state index >= 15 is 0 Å². The van der Waals surface area contributed by atoms with Crippen LogP contribution in [0.4, 0.5) is 0 Å². The molecule has 0 fully saturated rings. The number of amides is 1. The standard InChI is InChI=1S/C14H15N3O2/c1-14(2,3)19-17-13(18)12-7-10-5-4-9(8-15)6-11(10)16-12/h4-7,16H,1-3H3,(H,17,18). The van der Waals surface area contributed by atoms with Crippen molar-refractivity contribution >= 4 is 16.8 Å². The molecule has 0 spiro atoms. The molecule has 19 heavy (non-hydrogen) atoms. The lowest BCUT2D eigenvalue weighted by Crippen LogP contribution is -2.33. The first-order valence-corrected chi connectivity index (χ1v) is 5.90. The molecule has 0 bridgehead atoms. The predicted molar refractivity (Wildman–Crippen MR) is 71.3 cm³/mol. The lowest BCUT2D eigenvalue weighted by molar-refractivity contribution is -0.0591. The molecule has 5 heteroatoms. The van der Waals surface area contributed by atoms with Gasteiger partial charge in [-0.05, 0) is 39.0 Å². The molecule has 1 heterocycles. The highest BCUT2D eigenvalue weighted by molar-refractivity contribution is 5.97. The number of hydroxylamine groups is 1. The third kappa shape index (κ3) is 3.12. The largest absolute Gasteiger partial charge is 0.350 e. The fraction of sp³-hybridized carbons (Fsp3) is 0.286. The van der Waals surface area contributed by atoms with E-state index in [4.69, 9.17) is 10.1 Å². The van der Waals surface area contributed by atoms with E-state index in [1.54, 1.807) is 24.3 Å². The Morgan fingerprint density at radius 1 is 1.37 bits per heavy atom. The van der Waals surface area contributed by atoms with E-state index in [-0.39, 0.29) is 5.91 Å². The van der Waals surface area contributed by atoms with Gasteiger partial charge in [0.25, 0.3) is 5.91 Å². The highest BCUT2D eigenvalue weighted by Crippen LogP contribution is 2.17. The van der Waals surface area contributed by atoms with Crippen LogP contribution in [0.15, 0.2) is 24.3 Å². The van der Waals surface area contributed by atoms with Crippen LogP contribution in [0, 0.1) is 11.3 Å². The number of aromatic nitrogens is 1. The third-order valence-electron chi connectivity index (χ3n) is 2.45. The first-order chi connectivity index (χ1) is 8.89. The van der Waals surface area contributed by atoms with Gasteiger partial charge in [0.15, 0.2) is 0 Å². The first kappa shape index (κ1) is 13.1. The van der Waals surface area contributed by atoms with Crippen molar-refractivity contribution in [3.8, 4) is 6.07 Å². The van der Waals surface area contributed by atoms with Crippen molar-refractivity contribution in [2.24, 2.45) is 0 Å². The second-order valence-electron chi connectivity index (χ2n) is 5.24. The normalized spacial score (nSPS) is 11.3. The molecule has 2 rings (SSSR count).